The lowest BCUT2D eigenvalue weighted by Crippen LogP contribution is -2.16. The molecule has 9 rings (SSSR count). The van der Waals surface area contributed by atoms with Crippen LogP contribution in [-0.4, -0.2) is 119 Å². The lowest BCUT2D eigenvalue weighted by molar-refractivity contribution is -0.00706. The van der Waals surface area contributed by atoms with Crippen molar-refractivity contribution in [2.45, 2.75) is 25.7 Å². The van der Waals surface area contributed by atoms with Gasteiger partial charge in [-0.15, -0.1) is 0 Å². The summed E-state index contributed by atoms with van der Waals surface area (Å²) in [6, 6.07) is 35.2. The number of azo groups is 2. The van der Waals surface area contributed by atoms with E-state index in [1.165, 1.54) is 0 Å². The minimum atomic E-state index is 0.276. The second-order valence-corrected chi connectivity index (χ2v) is 18.0. The van der Waals surface area contributed by atoms with Crippen LogP contribution in [0.3, 0.4) is 0 Å². The Morgan fingerprint density at radius 2 is 0.480 bits per heavy atom. The SMILES string of the molecule is Nc1ccc(N=Nc2cc3c4c(c2)Cc2cccc5c2OCCOCCOCCOCCOCCOc2c(cccc2Cc2cc(N=Nc6ccc(N)cc6)cc(c2OCCOCCOCCOCCO4)C5)C3)cc1. The number of anilines is 2. The Balaban J connectivity index is 1.25. The van der Waals surface area contributed by atoms with Gasteiger partial charge in [0.25, 0.3) is 0 Å². The van der Waals surface area contributed by atoms with Crippen LogP contribution < -0.4 is 30.4 Å². The third-order valence-corrected chi connectivity index (χ3v) is 12.4. The van der Waals surface area contributed by atoms with Crippen LogP contribution in [0.4, 0.5) is 34.1 Å². The number of hydrogen-bond donors (Lipinski definition) is 2. The van der Waals surface area contributed by atoms with Gasteiger partial charge >= 0.3 is 0 Å². The molecule has 0 spiro atoms. The predicted molar refractivity (Wildman–Crippen MR) is 285 cm³/mol. The zero-order valence-corrected chi connectivity index (χ0v) is 42.4. The van der Waals surface area contributed by atoms with Gasteiger partial charge in [-0.2, -0.15) is 20.5 Å². The van der Waals surface area contributed by atoms with E-state index in [9.17, 15) is 0 Å². The smallest absolute Gasteiger partial charge is 0.126 e. The van der Waals surface area contributed by atoms with E-state index >= 15 is 0 Å². The first-order valence-electron chi connectivity index (χ1n) is 25.7. The second kappa shape index (κ2) is 28.1. The molecule has 3 aliphatic rings. The molecule has 17 heteroatoms. The maximum absolute atomic E-state index is 6.88. The highest BCUT2D eigenvalue weighted by Gasteiger charge is 2.24. The average Bonchev–Trinajstić information content (AvgIpc) is 3.41. The highest BCUT2D eigenvalue weighted by atomic mass is 16.6. The van der Waals surface area contributed by atoms with Crippen molar-refractivity contribution in [2.24, 2.45) is 20.5 Å². The molecule has 0 saturated heterocycles. The van der Waals surface area contributed by atoms with Crippen molar-refractivity contribution >= 4 is 34.1 Å². The Hall–Kier alpha value is -6.96. The molecule has 12 bridgehead atoms. The van der Waals surface area contributed by atoms with Gasteiger partial charge in [-0.1, -0.05) is 36.4 Å². The minimum absolute atomic E-state index is 0.276. The fourth-order valence-electron chi connectivity index (χ4n) is 8.94. The number of rotatable bonds is 4. The van der Waals surface area contributed by atoms with Gasteiger partial charge in [-0.25, -0.2) is 0 Å². The van der Waals surface area contributed by atoms with Crippen LogP contribution in [0.25, 0.3) is 0 Å². The third-order valence-electron chi connectivity index (χ3n) is 12.4. The van der Waals surface area contributed by atoms with E-state index < -0.39 is 0 Å². The van der Waals surface area contributed by atoms with Crippen molar-refractivity contribution in [3.05, 3.63) is 154 Å². The van der Waals surface area contributed by atoms with Crippen molar-refractivity contribution in [1.82, 2.24) is 0 Å². The lowest BCUT2D eigenvalue weighted by Gasteiger charge is -2.23. The van der Waals surface area contributed by atoms with Gasteiger partial charge in [0.05, 0.1) is 115 Å². The molecule has 0 radical (unpaired) electrons. The molecule has 0 atom stereocenters. The quantitative estimate of drug-likeness (QED) is 0.125. The molecule has 2 heterocycles. The van der Waals surface area contributed by atoms with E-state index in [-0.39, 0.29) is 26.4 Å². The summed E-state index contributed by atoms with van der Waals surface area (Å²) in [7, 11) is 0. The molecule has 0 amide bonds. The van der Waals surface area contributed by atoms with Gasteiger partial charge in [0.1, 0.15) is 49.4 Å². The van der Waals surface area contributed by atoms with Gasteiger partial charge < -0.3 is 63.6 Å². The van der Waals surface area contributed by atoms with E-state index in [0.717, 1.165) is 44.5 Å². The van der Waals surface area contributed by atoms with E-state index in [2.05, 4.69) is 46.6 Å². The summed E-state index contributed by atoms with van der Waals surface area (Å²) in [6.45, 7) is 6.57. The van der Waals surface area contributed by atoms with Crippen molar-refractivity contribution < 1.29 is 52.1 Å². The summed E-state index contributed by atoms with van der Waals surface area (Å²) >= 11 is 0. The highest BCUT2D eigenvalue weighted by molar-refractivity contribution is 5.62. The molecule has 2 aliphatic heterocycles. The summed E-state index contributed by atoms with van der Waals surface area (Å²) in [5, 5.41) is 19.0. The van der Waals surface area contributed by atoms with E-state index in [4.69, 9.17) is 73.8 Å². The van der Waals surface area contributed by atoms with Crippen molar-refractivity contribution in [3.63, 3.8) is 0 Å². The minimum Gasteiger partial charge on any atom is -0.491 e. The molecular formula is C58H66N6O11. The first-order valence-corrected chi connectivity index (χ1v) is 25.7. The number of hydrogen-bond acceptors (Lipinski definition) is 17. The van der Waals surface area contributed by atoms with Crippen molar-refractivity contribution in [1.29, 1.82) is 0 Å². The Labute approximate surface area is 438 Å². The van der Waals surface area contributed by atoms with Gasteiger partial charge in [-0.3, -0.25) is 0 Å². The molecule has 394 valence electrons. The Morgan fingerprint density at radius 1 is 0.253 bits per heavy atom. The Bertz CT molecular complexity index is 2550. The van der Waals surface area contributed by atoms with Crippen LogP contribution in [0.1, 0.15) is 44.5 Å². The molecule has 0 unspecified atom stereocenters. The summed E-state index contributed by atoms with van der Waals surface area (Å²) in [4.78, 5) is 0. The van der Waals surface area contributed by atoms with Crippen molar-refractivity contribution in [3.8, 4) is 23.0 Å². The predicted octanol–water partition coefficient (Wildman–Crippen LogP) is 10.0. The monoisotopic (exact) mass is 1020 g/mol. The number of nitrogen functional groups attached to an aromatic ring is 2. The van der Waals surface area contributed by atoms with Crippen LogP contribution in [0.15, 0.2) is 130 Å². The van der Waals surface area contributed by atoms with E-state index in [1.807, 2.05) is 72.8 Å². The number of nitrogens with zero attached hydrogens (tertiary/aromatic N) is 4. The lowest BCUT2D eigenvalue weighted by atomic mass is 9.90. The maximum Gasteiger partial charge on any atom is 0.126 e. The Kier molecular flexibility index (Phi) is 19.8. The first kappa shape index (κ1) is 52.9. The number of nitrogens with two attached hydrogens (primary N) is 2. The average molecular weight is 1020 g/mol. The van der Waals surface area contributed by atoms with E-state index in [1.54, 1.807) is 0 Å². The molecule has 6 aromatic rings. The van der Waals surface area contributed by atoms with Crippen molar-refractivity contribution in [2.75, 3.05) is 130 Å². The number of para-hydroxylation sites is 2. The van der Waals surface area contributed by atoms with Gasteiger partial charge in [0, 0.05) is 59.3 Å². The van der Waals surface area contributed by atoms with Gasteiger partial charge in [-0.05, 0) is 95.1 Å². The molecule has 0 aromatic heterocycles. The number of benzene rings is 6. The molecule has 17 nitrogen and oxygen atoms in total. The third kappa shape index (κ3) is 15.8. The molecule has 0 fully saturated rings. The molecule has 75 heavy (non-hydrogen) atoms. The van der Waals surface area contributed by atoms with E-state index in [0.29, 0.717) is 175 Å². The Morgan fingerprint density at radius 3 is 0.747 bits per heavy atom. The fraction of sp³-hybridized carbons (Fsp3) is 0.379. The number of ether oxygens (including phenoxy) is 11. The standard InChI is InChI=1S/C58H66N6O11/c59-49-7-11-51(12-8-49)61-63-53-37-45-33-41-3-1-4-42-34-46-38-54(64-62-52-13-9-50(60)10-14-52)40-48-36-44-6-2-5-43(56(44)73-30-26-69-22-18-66-16-15-65-17-21-68-25-29-72-55(41)42)35-47(39-53)57(45)74-31-27-70-23-19-67-20-24-71-28-32-75-58(46)48/h1-14,37-40H,15-36,59-60H2. The fourth-order valence-corrected chi connectivity index (χ4v) is 8.94. The van der Waals surface area contributed by atoms with Crippen LogP contribution in [0.5, 0.6) is 23.0 Å². The van der Waals surface area contributed by atoms with Crippen LogP contribution in [0.2, 0.25) is 0 Å². The first-order chi connectivity index (χ1) is 37.0. The summed E-state index contributed by atoms with van der Waals surface area (Å²) in [6.07, 6.45) is 1.63. The topological polar surface area (TPSA) is 203 Å². The summed E-state index contributed by atoms with van der Waals surface area (Å²) in [5.41, 5.74) is 23.2. The zero-order chi connectivity index (χ0) is 51.3. The molecule has 4 N–H and O–H groups in total. The largest absolute Gasteiger partial charge is 0.491 e. The highest BCUT2D eigenvalue weighted by Crippen LogP contribution is 2.42. The molecule has 0 saturated carbocycles. The maximum atomic E-state index is 6.88. The van der Waals surface area contributed by atoms with Crippen LogP contribution >= 0.6 is 0 Å². The van der Waals surface area contributed by atoms with Gasteiger partial charge in [0.2, 0.25) is 0 Å². The second-order valence-electron chi connectivity index (χ2n) is 18.0. The zero-order valence-electron chi connectivity index (χ0n) is 42.4. The molecule has 6 aromatic carbocycles. The normalized spacial score (nSPS) is 17.3. The van der Waals surface area contributed by atoms with Gasteiger partial charge in [0.15, 0.2) is 0 Å². The summed E-state index contributed by atoms with van der Waals surface area (Å²) in [5.74, 6) is 2.84. The summed E-state index contributed by atoms with van der Waals surface area (Å²) < 4.78 is 69.1. The molecule has 1 aliphatic carbocycles. The van der Waals surface area contributed by atoms with Crippen LogP contribution in [-0.2, 0) is 58.8 Å². The van der Waals surface area contributed by atoms with Crippen LogP contribution in [0, 0.1) is 0 Å². The molecular weight excluding hydrogens is 957 g/mol.